The average Bonchev–Trinajstić information content (AvgIpc) is 2.38. The molecule has 0 unspecified atom stereocenters. The van der Waals surface area contributed by atoms with E-state index in [4.69, 9.17) is 28.9 Å². The van der Waals surface area contributed by atoms with E-state index in [1.807, 2.05) is 0 Å². The molecular formula is C14H21Cl2NO2S. The second kappa shape index (κ2) is 7.12. The van der Waals surface area contributed by atoms with E-state index in [1.165, 1.54) is 18.2 Å². The number of rotatable bonds is 7. The quantitative estimate of drug-likeness (QED) is 0.767. The number of benzene rings is 1. The minimum absolute atomic E-state index is 0.0628. The maximum Gasteiger partial charge on any atom is 0.178 e. The van der Waals surface area contributed by atoms with Crippen LogP contribution in [0.15, 0.2) is 23.1 Å². The van der Waals surface area contributed by atoms with Gasteiger partial charge >= 0.3 is 0 Å². The highest BCUT2D eigenvalue weighted by atomic mass is 35.5. The van der Waals surface area contributed by atoms with Gasteiger partial charge in [0.2, 0.25) is 0 Å². The van der Waals surface area contributed by atoms with E-state index >= 15 is 0 Å². The number of sulfone groups is 1. The monoisotopic (exact) mass is 337 g/mol. The van der Waals surface area contributed by atoms with Crippen LogP contribution in [0.4, 0.5) is 0 Å². The molecule has 1 aromatic rings. The van der Waals surface area contributed by atoms with Crippen molar-refractivity contribution in [2.75, 3.05) is 12.3 Å². The van der Waals surface area contributed by atoms with E-state index < -0.39 is 9.84 Å². The Labute approximate surface area is 131 Å². The molecule has 2 N–H and O–H groups in total. The lowest BCUT2D eigenvalue weighted by Gasteiger charge is -2.21. The molecule has 0 amide bonds. The van der Waals surface area contributed by atoms with Gasteiger partial charge in [0.15, 0.2) is 9.84 Å². The number of hydrogen-bond donors (Lipinski definition) is 1. The molecule has 0 aliphatic heterocycles. The molecule has 1 rings (SSSR count). The number of halogens is 2. The van der Waals surface area contributed by atoms with Crippen LogP contribution >= 0.6 is 23.2 Å². The topological polar surface area (TPSA) is 60.2 Å². The number of hydrogen-bond acceptors (Lipinski definition) is 3. The summed E-state index contributed by atoms with van der Waals surface area (Å²) in [7, 11) is -3.30. The normalized spacial score (nSPS) is 12.7. The highest BCUT2D eigenvalue weighted by Crippen LogP contribution is 2.26. The minimum Gasteiger partial charge on any atom is -0.330 e. The van der Waals surface area contributed by atoms with Crippen molar-refractivity contribution < 1.29 is 8.42 Å². The van der Waals surface area contributed by atoms with Crippen LogP contribution in [0.3, 0.4) is 0 Å². The van der Waals surface area contributed by atoms with E-state index in [9.17, 15) is 8.42 Å². The predicted molar refractivity (Wildman–Crippen MR) is 85.2 cm³/mol. The molecule has 114 valence electrons. The Morgan fingerprint density at radius 2 is 1.80 bits per heavy atom. The van der Waals surface area contributed by atoms with Gasteiger partial charge in [-0.3, -0.25) is 0 Å². The highest BCUT2D eigenvalue weighted by Gasteiger charge is 2.18. The van der Waals surface area contributed by atoms with Crippen molar-refractivity contribution in [2.24, 2.45) is 11.1 Å². The summed E-state index contributed by atoms with van der Waals surface area (Å²) in [6.45, 7) is 4.77. The zero-order valence-corrected chi connectivity index (χ0v) is 14.2. The summed E-state index contributed by atoms with van der Waals surface area (Å²) in [5.41, 5.74) is 5.71. The summed E-state index contributed by atoms with van der Waals surface area (Å²) in [6.07, 6.45) is 2.37. The van der Waals surface area contributed by atoms with E-state index in [1.54, 1.807) is 0 Å². The third kappa shape index (κ3) is 5.24. The Balaban J connectivity index is 2.60. The van der Waals surface area contributed by atoms with E-state index in [2.05, 4.69) is 13.8 Å². The third-order valence-electron chi connectivity index (χ3n) is 3.32. The van der Waals surface area contributed by atoms with Crippen molar-refractivity contribution >= 4 is 33.0 Å². The summed E-state index contributed by atoms with van der Waals surface area (Å²) in [5, 5.41) is 0.618. The molecule has 0 fully saturated rings. The molecule has 3 nitrogen and oxygen atoms in total. The van der Waals surface area contributed by atoms with Gasteiger partial charge < -0.3 is 5.73 Å². The molecule has 0 aliphatic carbocycles. The molecule has 1 aromatic carbocycles. The van der Waals surface area contributed by atoms with Gasteiger partial charge in [0.1, 0.15) is 0 Å². The Bertz CT molecular complexity index is 556. The van der Waals surface area contributed by atoms with Crippen LogP contribution in [0.2, 0.25) is 10.0 Å². The minimum atomic E-state index is -3.30. The molecule has 0 atom stereocenters. The van der Waals surface area contributed by atoms with Crippen molar-refractivity contribution in [3.63, 3.8) is 0 Å². The molecule has 0 bridgehead atoms. The summed E-state index contributed by atoms with van der Waals surface area (Å²) >= 11 is 11.6. The zero-order valence-electron chi connectivity index (χ0n) is 11.8. The fraction of sp³-hybridized carbons (Fsp3) is 0.571. The summed E-state index contributed by atoms with van der Waals surface area (Å²) in [6, 6.07) is 4.41. The van der Waals surface area contributed by atoms with E-state index in [-0.39, 0.29) is 21.1 Å². The van der Waals surface area contributed by atoms with Crippen molar-refractivity contribution in [1.82, 2.24) is 0 Å². The van der Waals surface area contributed by atoms with Crippen LogP contribution in [0.5, 0.6) is 0 Å². The van der Waals surface area contributed by atoms with Crippen LogP contribution in [0, 0.1) is 5.41 Å². The first-order chi connectivity index (χ1) is 9.18. The van der Waals surface area contributed by atoms with Gasteiger partial charge in [-0.25, -0.2) is 8.42 Å². The summed E-state index contributed by atoms with van der Waals surface area (Å²) in [5.74, 6) is 0.117. The third-order valence-corrected chi connectivity index (χ3v) is 5.86. The maximum absolute atomic E-state index is 12.2. The number of unbranched alkanes of at least 4 members (excludes halogenated alkanes) is 1. The van der Waals surface area contributed by atoms with E-state index in [0.717, 1.165) is 12.8 Å². The molecule has 0 spiro atoms. The molecule has 0 aromatic heterocycles. The molecule has 20 heavy (non-hydrogen) atoms. The van der Waals surface area contributed by atoms with Crippen LogP contribution in [-0.2, 0) is 9.84 Å². The van der Waals surface area contributed by atoms with Gasteiger partial charge in [0, 0.05) is 0 Å². The van der Waals surface area contributed by atoms with Crippen molar-refractivity contribution in [2.45, 2.75) is 38.0 Å². The summed E-state index contributed by atoms with van der Waals surface area (Å²) < 4.78 is 24.3. The van der Waals surface area contributed by atoms with Crippen LogP contribution in [0.25, 0.3) is 0 Å². The van der Waals surface area contributed by atoms with Gasteiger partial charge in [-0.1, -0.05) is 43.5 Å². The predicted octanol–water partition coefficient (Wildman–Crippen LogP) is 3.92. The largest absolute Gasteiger partial charge is 0.330 e. The Morgan fingerprint density at radius 3 is 2.35 bits per heavy atom. The standard InChI is InChI=1S/C14H21Cl2NO2S/c1-14(2,10-17)7-3-4-8-20(18,19)11-5-6-12(15)13(16)9-11/h5-6,9H,3-4,7-8,10,17H2,1-2H3. The van der Waals surface area contributed by atoms with Crippen molar-refractivity contribution in [3.8, 4) is 0 Å². The van der Waals surface area contributed by atoms with Crippen LogP contribution in [-0.4, -0.2) is 20.7 Å². The van der Waals surface area contributed by atoms with Crippen molar-refractivity contribution in [1.29, 1.82) is 0 Å². The van der Waals surface area contributed by atoms with Gasteiger partial charge in [0.05, 0.1) is 20.7 Å². The first-order valence-electron chi connectivity index (χ1n) is 6.56. The SMILES string of the molecule is CC(C)(CN)CCCCS(=O)(=O)c1ccc(Cl)c(Cl)c1. The first-order valence-corrected chi connectivity index (χ1v) is 8.97. The first kappa shape index (κ1) is 17.8. The lowest BCUT2D eigenvalue weighted by molar-refractivity contribution is 0.335. The Kier molecular flexibility index (Phi) is 6.32. The second-order valence-electron chi connectivity index (χ2n) is 5.72. The average molecular weight is 338 g/mol. The molecule has 0 saturated carbocycles. The number of nitrogens with two attached hydrogens (primary N) is 1. The summed E-state index contributed by atoms with van der Waals surface area (Å²) in [4.78, 5) is 0.227. The smallest absolute Gasteiger partial charge is 0.178 e. The van der Waals surface area contributed by atoms with Crippen molar-refractivity contribution in [3.05, 3.63) is 28.2 Å². The van der Waals surface area contributed by atoms with Gasteiger partial charge in [-0.15, -0.1) is 0 Å². The molecular weight excluding hydrogens is 317 g/mol. The van der Waals surface area contributed by atoms with Crippen LogP contribution in [0.1, 0.15) is 33.1 Å². The van der Waals surface area contributed by atoms with Crippen LogP contribution < -0.4 is 5.73 Å². The molecule has 0 radical (unpaired) electrons. The Morgan fingerprint density at radius 1 is 1.15 bits per heavy atom. The van der Waals surface area contributed by atoms with Gasteiger partial charge in [-0.2, -0.15) is 0 Å². The molecule has 6 heteroatoms. The van der Waals surface area contributed by atoms with Gasteiger partial charge in [-0.05, 0) is 43.0 Å². The van der Waals surface area contributed by atoms with E-state index in [0.29, 0.717) is 18.0 Å². The molecule has 0 heterocycles. The molecule has 0 saturated heterocycles. The highest BCUT2D eigenvalue weighted by molar-refractivity contribution is 7.91. The zero-order chi connectivity index (χ0) is 15.4. The Hall–Kier alpha value is -0.290. The lowest BCUT2D eigenvalue weighted by Crippen LogP contribution is -2.23. The fourth-order valence-corrected chi connectivity index (χ4v) is 3.54. The molecule has 0 aliphatic rings. The van der Waals surface area contributed by atoms with Gasteiger partial charge in [0.25, 0.3) is 0 Å². The fourth-order valence-electron chi connectivity index (χ4n) is 1.79. The lowest BCUT2D eigenvalue weighted by atomic mass is 9.88. The maximum atomic E-state index is 12.2. The second-order valence-corrected chi connectivity index (χ2v) is 8.64.